The molecule has 3 nitrogen and oxygen atoms in total. The Hall–Kier alpha value is -1.29. The lowest BCUT2D eigenvalue weighted by Crippen LogP contribution is -2.30. The molecular weight excluding hydrogens is 266 g/mol. The molecule has 1 unspecified atom stereocenters. The molecule has 1 N–H and O–H groups in total. The summed E-state index contributed by atoms with van der Waals surface area (Å²) in [6.45, 7) is 1.09. The van der Waals surface area contributed by atoms with Crippen LogP contribution in [-0.4, -0.2) is 16.3 Å². The summed E-state index contributed by atoms with van der Waals surface area (Å²) in [5.74, 6) is 2.05. The molecule has 0 amide bonds. The van der Waals surface area contributed by atoms with E-state index in [2.05, 4.69) is 33.6 Å². The summed E-state index contributed by atoms with van der Waals surface area (Å²) < 4.78 is 2.29. The van der Waals surface area contributed by atoms with Crippen LogP contribution in [0.5, 0.6) is 0 Å². The van der Waals surface area contributed by atoms with Crippen molar-refractivity contribution in [3.05, 3.63) is 23.6 Å². The molecule has 2 aliphatic rings. The summed E-state index contributed by atoms with van der Waals surface area (Å²) in [6, 6.07) is 7.10. The number of nitrogens with one attached hydrogen (secondary N) is 1. The summed E-state index contributed by atoms with van der Waals surface area (Å²) in [7, 11) is 0. The molecule has 1 saturated carbocycles. The second kappa shape index (κ2) is 5.24. The molecule has 20 heavy (non-hydrogen) atoms. The molecule has 2 aromatic heterocycles. The molecule has 1 aliphatic carbocycles. The van der Waals surface area contributed by atoms with E-state index >= 15 is 0 Å². The van der Waals surface area contributed by atoms with E-state index in [0.29, 0.717) is 6.04 Å². The Morgan fingerprint density at radius 2 is 2.10 bits per heavy atom. The Morgan fingerprint density at radius 1 is 1.20 bits per heavy atom. The fourth-order valence-corrected chi connectivity index (χ4v) is 4.43. The van der Waals surface area contributed by atoms with Gasteiger partial charge in [0.25, 0.3) is 0 Å². The van der Waals surface area contributed by atoms with Crippen LogP contribution in [0.1, 0.15) is 44.6 Å². The Bertz CT molecular complexity index is 567. The molecule has 106 valence electrons. The monoisotopic (exact) mass is 287 g/mol. The Kier molecular flexibility index (Phi) is 3.26. The first-order chi connectivity index (χ1) is 9.92. The van der Waals surface area contributed by atoms with E-state index in [4.69, 9.17) is 5.10 Å². The zero-order valence-electron chi connectivity index (χ0n) is 11.7. The van der Waals surface area contributed by atoms with Crippen LogP contribution in [0.2, 0.25) is 0 Å². The van der Waals surface area contributed by atoms with Crippen LogP contribution < -0.4 is 5.32 Å². The summed E-state index contributed by atoms with van der Waals surface area (Å²) in [5.41, 5.74) is 1.13. The summed E-state index contributed by atoms with van der Waals surface area (Å²) >= 11 is 1.77. The van der Waals surface area contributed by atoms with Crippen LogP contribution in [0.15, 0.2) is 23.6 Å². The van der Waals surface area contributed by atoms with Crippen molar-refractivity contribution in [1.29, 1.82) is 0 Å². The molecule has 1 aliphatic heterocycles. The molecule has 0 spiro atoms. The van der Waals surface area contributed by atoms with Gasteiger partial charge in [-0.15, -0.1) is 11.3 Å². The molecule has 0 saturated heterocycles. The maximum Gasteiger partial charge on any atom is 0.125 e. The van der Waals surface area contributed by atoms with Gasteiger partial charge < -0.3 is 5.32 Å². The van der Waals surface area contributed by atoms with Gasteiger partial charge >= 0.3 is 0 Å². The minimum absolute atomic E-state index is 0.611. The fraction of sp³-hybridized carbons (Fsp3) is 0.562. The SMILES string of the molecule is c1csc(-c2cc3n(n2)C(C2CCCCC2)CCN3)c1. The number of anilines is 1. The van der Waals surface area contributed by atoms with Crippen molar-refractivity contribution in [3.63, 3.8) is 0 Å². The van der Waals surface area contributed by atoms with Gasteiger partial charge in [0.2, 0.25) is 0 Å². The van der Waals surface area contributed by atoms with Crippen LogP contribution in [0.25, 0.3) is 10.6 Å². The highest BCUT2D eigenvalue weighted by molar-refractivity contribution is 7.13. The Labute approximate surface area is 124 Å². The normalized spacial score (nSPS) is 23.3. The second-order valence-corrected chi connectivity index (χ2v) is 6.97. The number of nitrogens with zero attached hydrogens (tertiary/aromatic N) is 2. The van der Waals surface area contributed by atoms with E-state index in [1.165, 1.54) is 49.2 Å². The molecule has 1 atom stereocenters. The summed E-state index contributed by atoms with van der Waals surface area (Å²) in [6.07, 6.45) is 8.24. The van der Waals surface area contributed by atoms with Gasteiger partial charge in [-0.3, -0.25) is 0 Å². The number of hydrogen-bond donors (Lipinski definition) is 1. The third kappa shape index (κ3) is 2.16. The first kappa shape index (κ1) is 12.5. The number of fused-ring (bicyclic) bond motifs is 1. The van der Waals surface area contributed by atoms with Gasteiger partial charge in [0.05, 0.1) is 10.9 Å². The van der Waals surface area contributed by atoms with Crippen molar-refractivity contribution in [2.24, 2.45) is 5.92 Å². The van der Waals surface area contributed by atoms with Crippen molar-refractivity contribution in [3.8, 4) is 10.6 Å². The molecule has 0 bridgehead atoms. The van der Waals surface area contributed by atoms with Gasteiger partial charge in [-0.25, -0.2) is 4.68 Å². The van der Waals surface area contributed by atoms with E-state index in [9.17, 15) is 0 Å². The minimum atomic E-state index is 0.611. The van der Waals surface area contributed by atoms with Crippen LogP contribution in [0.3, 0.4) is 0 Å². The lowest BCUT2D eigenvalue weighted by Gasteiger charge is -2.34. The number of aromatic nitrogens is 2. The van der Waals surface area contributed by atoms with Crippen molar-refractivity contribution in [2.45, 2.75) is 44.6 Å². The predicted molar refractivity (Wildman–Crippen MR) is 84.3 cm³/mol. The maximum absolute atomic E-state index is 4.91. The first-order valence-electron chi connectivity index (χ1n) is 7.79. The van der Waals surface area contributed by atoms with Gasteiger partial charge in [-0.1, -0.05) is 25.3 Å². The smallest absolute Gasteiger partial charge is 0.125 e. The average Bonchev–Trinajstić information content (AvgIpc) is 3.16. The first-order valence-corrected chi connectivity index (χ1v) is 8.67. The molecule has 4 rings (SSSR count). The van der Waals surface area contributed by atoms with Crippen molar-refractivity contribution in [2.75, 3.05) is 11.9 Å². The topological polar surface area (TPSA) is 29.9 Å². The lowest BCUT2D eigenvalue weighted by molar-refractivity contribution is 0.223. The van der Waals surface area contributed by atoms with Crippen molar-refractivity contribution < 1.29 is 0 Å². The molecule has 0 radical (unpaired) electrons. The molecule has 4 heteroatoms. The third-order valence-corrected chi connectivity index (χ3v) is 5.66. The minimum Gasteiger partial charge on any atom is -0.370 e. The predicted octanol–water partition coefficient (Wildman–Crippen LogP) is 4.55. The van der Waals surface area contributed by atoms with Crippen molar-refractivity contribution in [1.82, 2.24) is 9.78 Å². The Balaban J connectivity index is 1.66. The maximum atomic E-state index is 4.91. The zero-order valence-corrected chi connectivity index (χ0v) is 12.5. The molecule has 2 aromatic rings. The average molecular weight is 287 g/mol. The van der Waals surface area contributed by atoms with Gasteiger partial charge in [0.15, 0.2) is 0 Å². The molecular formula is C16H21N3S. The van der Waals surface area contributed by atoms with Crippen LogP contribution >= 0.6 is 11.3 Å². The highest BCUT2D eigenvalue weighted by Crippen LogP contribution is 2.39. The van der Waals surface area contributed by atoms with E-state index in [1.807, 2.05) is 0 Å². The van der Waals surface area contributed by atoms with Crippen LogP contribution in [-0.2, 0) is 0 Å². The highest BCUT2D eigenvalue weighted by Gasteiger charge is 2.30. The second-order valence-electron chi connectivity index (χ2n) is 6.02. The van der Waals surface area contributed by atoms with Gasteiger partial charge in [-0.2, -0.15) is 5.10 Å². The largest absolute Gasteiger partial charge is 0.370 e. The van der Waals surface area contributed by atoms with Crippen LogP contribution in [0, 0.1) is 5.92 Å². The Morgan fingerprint density at radius 3 is 2.90 bits per heavy atom. The highest BCUT2D eigenvalue weighted by atomic mass is 32.1. The van der Waals surface area contributed by atoms with E-state index in [-0.39, 0.29) is 0 Å². The van der Waals surface area contributed by atoms with E-state index in [1.54, 1.807) is 11.3 Å². The van der Waals surface area contributed by atoms with Crippen molar-refractivity contribution >= 4 is 17.2 Å². The van der Waals surface area contributed by atoms with E-state index < -0.39 is 0 Å². The standard InChI is InChI=1S/C16H21N3S/c1-2-5-12(6-3-1)14-8-9-17-16-11-13(18-19(14)16)15-7-4-10-20-15/h4,7,10-12,14,17H,1-3,5-6,8-9H2. The quantitative estimate of drug-likeness (QED) is 0.878. The van der Waals surface area contributed by atoms with Gasteiger partial charge in [0, 0.05) is 12.6 Å². The number of rotatable bonds is 2. The number of hydrogen-bond acceptors (Lipinski definition) is 3. The lowest BCUT2D eigenvalue weighted by atomic mass is 9.82. The summed E-state index contributed by atoms with van der Waals surface area (Å²) in [4.78, 5) is 1.27. The molecule has 1 fully saturated rings. The van der Waals surface area contributed by atoms with E-state index in [0.717, 1.165) is 18.2 Å². The number of thiophene rings is 1. The zero-order chi connectivity index (χ0) is 13.4. The fourth-order valence-electron chi connectivity index (χ4n) is 3.75. The third-order valence-electron chi connectivity index (χ3n) is 4.76. The van der Waals surface area contributed by atoms with Crippen LogP contribution in [0.4, 0.5) is 5.82 Å². The molecule has 3 heterocycles. The molecule has 0 aromatic carbocycles. The van der Waals surface area contributed by atoms with Gasteiger partial charge in [0.1, 0.15) is 11.5 Å². The van der Waals surface area contributed by atoms with Gasteiger partial charge in [-0.05, 0) is 36.6 Å². The summed E-state index contributed by atoms with van der Waals surface area (Å²) in [5, 5.41) is 10.6.